The molecule has 4 heterocycles. The van der Waals surface area contributed by atoms with Gasteiger partial charge in [-0.2, -0.15) is 4.99 Å². The van der Waals surface area contributed by atoms with Crippen LogP contribution < -0.4 is 19.5 Å². The Morgan fingerprint density at radius 2 is 1.81 bits per heavy atom. The van der Waals surface area contributed by atoms with E-state index >= 15 is 0 Å². The number of fused-ring (bicyclic) bond motifs is 6. The lowest BCUT2D eigenvalue weighted by Crippen LogP contribution is -3.09. The van der Waals surface area contributed by atoms with Crippen LogP contribution in [0, 0.1) is 5.41 Å². The minimum absolute atomic E-state index is 0.000646. The number of nitrogens with one attached hydrogen (secondary N) is 2. The number of guanidine groups is 1. The standard InChI is InChI=1S/C39H37N5O13/c40-39-42-36-28(37(53)43-39)41-16-44(36)25-4-2-1-3-20(25)19-8-10-54-15-26-31(50)32(51)33(52)38(56-26)57-34-23(19)12-24-27(35(34)55-14-18(47)7-9-45)30(49)22-11-17(13-46)5-6-21(22)29(24)48/h1-6,9,11-12,18-19,26,31-33,38,46-47,50-52H,7-8,10,13-16H2,(H2,40,43,53)/t18-,19?,26-,31+,32-,33+,38-/m1/s1. The fourth-order valence-electron chi connectivity index (χ4n) is 7.75. The number of hydrogen-bond acceptors (Lipinski definition) is 15. The van der Waals surface area contributed by atoms with Crippen LogP contribution in [0.25, 0.3) is 0 Å². The van der Waals surface area contributed by atoms with E-state index in [2.05, 4.69) is 15.0 Å². The summed E-state index contributed by atoms with van der Waals surface area (Å²) < 4.78 is 24.6. The van der Waals surface area contributed by atoms with Crippen LogP contribution in [-0.4, -0.2) is 130 Å². The van der Waals surface area contributed by atoms with Crippen LogP contribution in [0.5, 0.6) is 11.5 Å². The second-order valence-electron chi connectivity index (χ2n) is 14.1. The van der Waals surface area contributed by atoms with E-state index in [1.54, 1.807) is 24.3 Å². The van der Waals surface area contributed by atoms with Crippen molar-refractivity contribution >= 4 is 46.9 Å². The molecular weight excluding hydrogens is 746 g/mol. The molecular formula is C39H37N5O13. The van der Waals surface area contributed by atoms with Crippen molar-refractivity contribution in [3.63, 3.8) is 0 Å². The average Bonchev–Trinajstić information content (AvgIpc) is 3.62. The van der Waals surface area contributed by atoms with Gasteiger partial charge in [-0.15, -0.1) is 0 Å². The molecule has 1 saturated heterocycles. The highest BCUT2D eigenvalue weighted by molar-refractivity contribution is 6.66. The lowest BCUT2D eigenvalue weighted by atomic mass is 9.78. The molecule has 3 aromatic rings. The Balaban J connectivity index is 1.37. The number of aliphatic hydroxyl groups excluding tert-OH is 5. The summed E-state index contributed by atoms with van der Waals surface area (Å²) in [5, 5.41) is 74.2. The predicted octanol–water partition coefficient (Wildman–Crippen LogP) is -1.94. The number of amidine groups is 1. The van der Waals surface area contributed by atoms with Crippen molar-refractivity contribution in [3.8, 4) is 11.5 Å². The van der Waals surface area contributed by atoms with Crippen molar-refractivity contribution in [2.45, 2.75) is 62.2 Å². The van der Waals surface area contributed by atoms with Crippen LogP contribution >= 0.6 is 0 Å². The quantitative estimate of drug-likeness (QED) is 0.0960. The fourth-order valence-corrected chi connectivity index (χ4v) is 7.75. The van der Waals surface area contributed by atoms with E-state index in [1.165, 1.54) is 24.3 Å². The second kappa shape index (κ2) is 15.4. The number of ether oxygens (including phenoxy) is 4. The van der Waals surface area contributed by atoms with Gasteiger partial charge in [-0.3, -0.25) is 15.0 Å². The van der Waals surface area contributed by atoms with Crippen LogP contribution in [0.15, 0.2) is 63.5 Å². The van der Waals surface area contributed by atoms with Gasteiger partial charge < -0.3 is 54.4 Å². The summed E-state index contributed by atoms with van der Waals surface area (Å²) in [5.41, 5.74) is 1.39. The van der Waals surface area contributed by atoms with E-state index in [0.717, 1.165) is 0 Å². The molecule has 57 heavy (non-hydrogen) atoms. The number of rotatable bonds is 8. The minimum Gasteiger partial charge on any atom is -0.857 e. The maximum Gasteiger partial charge on any atom is 0.262 e. The van der Waals surface area contributed by atoms with Crippen molar-refractivity contribution in [1.29, 1.82) is 5.41 Å². The van der Waals surface area contributed by atoms with Gasteiger partial charge in [-0.1, -0.05) is 24.3 Å². The summed E-state index contributed by atoms with van der Waals surface area (Å²) in [6.45, 7) is -1.18. The van der Waals surface area contributed by atoms with Gasteiger partial charge in [-0.25, -0.2) is 14.9 Å². The molecule has 0 aromatic heterocycles. The number of carbonyl (C=O) groups excluding carboxylic acids is 3. The Morgan fingerprint density at radius 1 is 1.00 bits per heavy atom. The third-order valence-corrected chi connectivity index (χ3v) is 10.6. The van der Waals surface area contributed by atoms with Crippen LogP contribution in [-0.2, 0) is 20.9 Å². The fraction of sp³-hybridized carbons (Fsp3) is 0.359. The maximum atomic E-state index is 14.5. The lowest BCUT2D eigenvalue weighted by molar-refractivity contribution is -0.723. The molecule has 2 bridgehead atoms. The zero-order valence-electron chi connectivity index (χ0n) is 30.0. The molecule has 0 saturated carbocycles. The van der Waals surface area contributed by atoms with E-state index in [4.69, 9.17) is 24.4 Å². The van der Waals surface area contributed by atoms with Gasteiger partial charge in [0.1, 0.15) is 43.0 Å². The molecule has 5 aliphatic rings. The van der Waals surface area contributed by atoms with Gasteiger partial charge in [0.25, 0.3) is 5.84 Å². The molecule has 3 aromatic carbocycles. The van der Waals surface area contributed by atoms with E-state index in [-0.39, 0.29) is 83.6 Å². The van der Waals surface area contributed by atoms with Gasteiger partial charge in [0.05, 0.1) is 24.9 Å². The lowest BCUT2D eigenvalue weighted by Gasteiger charge is -2.40. The number of aldehydes is 1. The number of para-hydroxylation sites is 1. The monoisotopic (exact) mass is 783 g/mol. The Hall–Kier alpha value is -5.57. The average molecular weight is 784 g/mol. The zero-order chi connectivity index (χ0) is 40.1. The molecule has 8 atom stereocenters. The van der Waals surface area contributed by atoms with E-state index in [1.807, 2.05) is 0 Å². The summed E-state index contributed by atoms with van der Waals surface area (Å²) in [7, 11) is 0. The van der Waals surface area contributed by atoms with E-state index < -0.39 is 79.4 Å². The highest BCUT2D eigenvalue weighted by atomic mass is 16.7. The third-order valence-electron chi connectivity index (χ3n) is 10.6. The second-order valence-corrected chi connectivity index (χ2v) is 14.1. The molecule has 2 unspecified atom stereocenters. The Bertz CT molecular complexity index is 2270. The summed E-state index contributed by atoms with van der Waals surface area (Å²) in [4.78, 5) is 53.0. The van der Waals surface area contributed by atoms with Crippen molar-refractivity contribution in [2.24, 2.45) is 15.0 Å². The van der Waals surface area contributed by atoms with Crippen molar-refractivity contribution in [2.75, 3.05) is 26.5 Å². The SMILES string of the molecule is N=C1N=C([O-])C2=NC[NH+](c3ccccc3C3CCOC[C@H]4O[C@H](Oc5c3cc3c(c5OC[C@H](O)CC=O)C(=O)c5cc(CO)ccc5C3=O)[C@@H](O)[C@H](O)[C@H]4O)C2=N1. The first-order chi connectivity index (χ1) is 27.5. The van der Waals surface area contributed by atoms with Crippen molar-refractivity contribution in [1.82, 2.24) is 0 Å². The van der Waals surface area contributed by atoms with Gasteiger partial charge in [0.2, 0.25) is 12.2 Å². The Morgan fingerprint density at radius 3 is 2.60 bits per heavy atom. The maximum absolute atomic E-state index is 14.5. The molecule has 1 fully saturated rings. The number of carbonyl (C=O) groups is 3. The van der Waals surface area contributed by atoms with E-state index in [9.17, 15) is 45.0 Å². The summed E-state index contributed by atoms with van der Waals surface area (Å²) in [6.07, 6.45) is -9.15. The molecule has 8 rings (SSSR count). The molecule has 0 radical (unpaired) electrons. The van der Waals surface area contributed by atoms with Crippen LogP contribution in [0.4, 0.5) is 5.69 Å². The molecule has 296 valence electrons. The first-order valence-electron chi connectivity index (χ1n) is 18.2. The van der Waals surface area contributed by atoms with Gasteiger partial charge in [0.15, 0.2) is 35.4 Å². The smallest absolute Gasteiger partial charge is 0.262 e. The highest BCUT2D eigenvalue weighted by Gasteiger charge is 2.47. The van der Waals surface area contributed by atoms with Gasteiger partial charge in [0, 0.05) is 52.7 Å². The molecule has 1 aliphatic carbocycles. The Kier molecular flexibility index (Phi) is 10.4. The summed E-state index contributed by atoms with van der Waals surface area (Å²) >= 11 is 0. The van der Waals surface area contributed by atoms with Crippen LogP contribution in [0.2, 0.25) is 0 Å². The number of aliphatic hydroxyl groups is 5. The number of ketones is 2. The van der Waals surface area contributed by atoms with E-state index in [0.29, 0.717) is 28.0 Å². The zero-order valence-corrected chi connectivity index (χ0v) is 30.0. The normalized spacial score (nSPS) is 27.3. The van der Waals surface area contributed by atoms with Crippen molar-refractivity contribution in [3.05, 3.63) is 87.5 Å². The molecule has 18 nitrogen and oxygen atoms in total. The summed E-state index contributed by atoms with van der Waals surface area (Å²) in [6, 6.07) is 12.9. The number of nitrogens with zero attached hydrogens (tertiary/aromatic N) is 3. The first kappa shape index (κ1) is 38.3. The largest absolute Gasteiger partial charge is 0.857 e. The van der Waals surface area contributed by atoms with Crippen LogP contribution in [0.1, 0.15) is 67.3 Å². The summed E-state index contributed by atoms with van der Waals surface area (Å²) in [5.74, 6) is -3.63. The van der Waals surface area contributed by atoms with Crippen LogP contribution in [0.3, 0.4) is 0 Å². The predicted molar refractivity (Wildman–Crippen MR) is 194 cm³/mol. The molecule has 7 N–H and O–H groups in total. The van der Waals surface area contributed by atoms with Gasteiger partial charge in [-0.05, 0) is 36.2 Å². The molecule has 0 amide bonds. The van der Waals surface area contributed by atoms with Crippen molar-refractivity contribution < 1.29 is 68.9 Å². The Labute approximate surface area is 323 Å². The third kappa shape index (κ3) is 6.74. The van der Waals surface area contributed by atoms with Gasteiger partial charge >= 0.3 is 0 Å². The first-order valence-corrected chi connectivity index (χ1v) is 18.2. The highest BCUT2D eigenvalue weighted by Crippen LogP contribution is 2.49. The molecule has 4 aliphatic heterocycles. The number of hydrogen-bond donors (Lipinski definition) is 7. The number of quaternary nitrogens is 1. The molecule has 18 heteroatoms. The minimum atomic E-state index is -1.85. The molecule has 0 spiro atoms. The number of benzene rings is 3. The number of aliphatic imine (C=N–C) groups is 3. The topological polar surface area (TPSA) is 278 Å².